The van der Waals surface area contributed by atoms with Crippen LogP contribution >= 0.6 is 11.6 Å². The number of benzene rings is 3. The molecule has 0 bridgehead atoms. The molecule has 1 aliphatic heterocycles. The summed E-state index contributed by atoms with van der Waals surface area (Å²) in [6.07, 6.45) is -1.06. The summed E-state index contributed by atoms with van der Waals surface area (Å²) < 4.78 is 44.6. The van der Waals surface area contributed by atoms with Gasteiger partial charge >= 0.3 is 5.97 Å². The second-order valence-corrected chi connectivity index (χ2v) is 10.5. The zero-order chi connectivity index (χ0) is 26.6. The van der Waals surface area contributed by atoms with Gasteiger partial charge in [-0.25, -0.2) is 13.2 Å². The quantitative estimate of drug-likeness (QED) is 0.400. The number of sulfonamides is 1. The summed E-state index contributed by atoms with van der Waals surface area (Å²) in [4.78, 5) is 27.1. The Morgan fingerprint density at radius 2 is 1.76 bits per heavy atom. The van der Waals surface area contributed by atoms with E-state index in [1.54, 1.807) is 48.5 Å². The van der Waals surface area contributed by atoms with Crippen LogP contribution in [0.4, 0.5) is 5.69 Å². The number of halogens is 1. The molecule has 3 aromatic carbocycles. The molecule has 194 valence electrons. The van der Waals surface area contributed by atoms with Gasteiger partial charge in [0.1, 0.15) is 16.4 Å². The first-order valence-corrected chi connectivity index (χ1v) is 13.1. The maximum atomic E-state index is 13.9. The first kappa shape index (κ1) is 26.5. The zero-order valence-electron chi connectivity index (χ0n) is 20.2. The molecule has 0 N–H and O–H groups in total. The normalized spacial score (nSPS) is 15.0. The minimum atomic E-state index is -4.26. The van der Waals surface area contributed by atoms with Gasteiger partial charge in [-0.2, -0.15) is 4.31 Å². The van der Waals surface area contributed by atoms with Crippen LogP contribution in [0.3, 0.4) is 0 Å². The van der Waals surface area contributed by atoms with Crippen LogP contribution in [-0.2, 0) is 30.9 Å². The van der Waals surface area contributed by atoms with E-state index >= 15 is 0 Å². The van der Waals surface area contributed by atoms with Gasteiger partial charge in [0.25, 0.3) is 0 Å². The fraction of sp³-hybridized carbons (Fsp3) is 0.231. The van der Waals surface area contributed by atoms with E-state index in [1.807, 2.05) is 6.07 Å². The van der Waals surface area contributed by atoms with Crippen LogP contribution in [0.1, 0.15) is 5.56 Å². The van der Waals surface area contributed by atoms with E-state index in [0.717, 1.165) is 4.31 Å². The number of para-hydroxylation sites is 2. The van der Waals surface area contributed by atoms with Crippen molar-refractivity contribution in [3.05, 3.63) is 83.4 Å². The minimum absolute atomic E-state index is 0.0863. The lowest BCUT2D eigenvalue weighted by Crippen LogP contribution is -2.50. The number of methoxy groups -OCH3 is 2. The van der Waals surface area contributed by atoms with Gasteiger partial charge in [0.05, 0.1) is 33.0 Å². The molecule has 0 saturated heterocycles. The van der Waals surface area contributed by atoms with Crippen molar-refractivity contribution >= 4 is 39.2 Å². The molecule has 1 amide bonds. The zero-order valence-corrected chi connectivity index (χ0v) is 21.7. The first-order chi connectivity index (χ1) is 17.7. The van der Waals surface area contributed by atoms with Crippen LogP contribution in [0.25, 0.3) is 0 Å². The molecular weight excluding hydrogens is 520 g/mol. The summed E-state index contributed by atoms with van der Waals surface area (Å²) in [5.74, 6) is -0.793. The van der Waals surface area contributed by atoms with Crippen LogP contribution in [0.5, 0.6) is 11.5 Å². The van der Waals surface area contributed by atoms with Gasteiger partial charge in [-0.05, 0) is 35.9 Å². The molecule has 0 saturated carbocycles. The number of hydrogen-bond donors (Lipinski definition) is 0. The van der Waals surface area contributed by atoms with E-state index in [0.29, 0.717) is 17.0 Å². The Balaban J connectivity index is 1.72. The second kappa shape index (κ2) is 11.2. The summed E-state index contributed by atoms with van der Waals surface area (Å²) >= 11 is 6.12. The number of carbonyl (C=O) groups excluding carboxylic acids is 2. The standard InChI is InChI=1S/C26H25ClN2O7S/c1-34-22-13-12-19(27)14-24(22)37(32,33)28(15-18-8-4-3-5-9-18)17-25(30)29-16-23(26(31)35-2)36-21-11-7-6-10-20(21)29/h3-14,23H,15-17H2,1-2H3/t23-/m0/s1. The van der Waals surface area contributed by atoms with Gasteiger partial charge in [-0.15, -0.1) is 0 Å². The lowest BCUT2D eigenvalue weighted by Gasteiger charge is -2.34. The lowest BCUT2D eigenvalue weighted by molar-refractivity contribution is -0.148. The molecule has 1 heterocycles. The number of nitrogens with zero attached hydrogens (tertiary/aromatic N) is 2. The molecule has 0 unspecified atom stereocenters. The number of anilines is 1. The highest BCUT2D eigenvalue weighted by molar-refractivity contribution is 7.89. The van der Waals surface area contributed by atoms with Crippen LogP contribution in [-0.4, -0.2) is 58.0 Å². The topological polar surface area (TPSA) is 102 Å². The van der Waals surface area contributed by atoms with E-state index in [4.69, 9.17) is 25.8 Å². The van der Waals surface area contributed by atoms with E-state index in [2.05, 4.69) is 0 Å². The number of esters is 1. The summed E-state index contributed by atoms with van der Waals surface area (Å²) in [6.45, 7) is -0.742. The Bertz CT molecular complexity index is 1400. The van der Waals surface area contributed by atoms with Crippen molar-refractivity contribution in [2.75, 3.05) is 32.2 Å². The fourth-order valence-corrected chi connectivity index (χ4v) is 5.76. The molecular formula is C26H25ClN2O7S. The van der Waals surface area contributed by atoms with Gasteiger partial charge in [-0.1, -0.05) is 54.1 Å². The minimum Gasteiger partial charge on any atom is -0.495 e. The highest BCUT2D eigenvalue weighted by Crippen LogP contribution is 2.35. The highest BCUT2D eigenvalue weighted by Gasteiger charge is 2.37. The Kier molecular flexibility index (Phi) is 8.01. The highest BCUT2D eigenvalue weighted by atomic mass is 35.5. The van der Waals surface area contributed by atoms with Gasteiger partial charge < -0.3 is 19.1 Å². The van der Waals surface area contributed by atoms with Gasteiger partial charge in [0, 0.05) is 11.6 Å². The number of amides is 1. The molecule has 9 nitrogen and oxygen atoms in total. The van der Waals surface area contributed by atoms with Crippen molar-refractivity contribution in [1.82, 2.24) is 4.31 Å². The Hall–Kier alpha value is -3.60. The molecule has 0 fully saturated rings. The molecule has 0 aromatic heterocycles. The van der Waals surface area contributed by atoms with Gasteiger partial charge in [-0.3, -0.25) is 4.79 Å². The smallest absolute Gasteiger partial charge is 0.348 e. The molecule has 1 atom stereocenters. The summed E-state index contributed by atoms with van der Waals surface area (Å²) in [5.41, 5.74) is 1.10. The third kappa shape index (κ3) is 5.71. The van der Waals surface area contributed by atoms with Crippen molar-refractivity contribution < 1.29 is 32.2 Å². The van der Waals surface area contributed by atoms with Crippen molar-refractivity contribution in [1.29, 1.82) is 0 Å². The maximum absolute atomic E-state index is 13.9. The predicted octanol–water partition coefficient (Wildman–Crippen LogP) is 3.51. The monoisotopic (exact) mass is 544 g/mol. The summed E-state index contributed by atoms with van der Waals surface area (Å²) in [5, 5.41) is 0.202. The molecule has 3 aromatic rings. The number of carbonyl (C=O) groups is 2. The van der Waals surface area contributed by atoms with Crippen molar-refractivity contribution in [3.8, 4) is 11.5 Å². The number of ether oxygens (including phenoxy) is 3. The third-order valence-electron chi connectivity index (χ3n) is 5.80. The Morgan fingerprint density at radius 3 is 2.46 bits per heavy atom. The summed E-state index contributed by atoms with van der Waals surface area (Å²) in [7, 11) is -1.68. The predicted molar refractivity (Wildman–Crippen MR) is 137 cm³/mol. The largest absolute Gasteiger partial charge is 0.495 e. The van der Waals surface area contributed by atoms with Crippen molar-refractivity contribution in [2.45, 2.75) is 17.5 Å². The van der Waals surface area contributed by atoms with E-state index in [-0.39, 0.29) is 28.8 Å². The number of fused-ring (bicyclic) bond motifs is 1. The van der Waals surface area contributed by atoms with Crippen LogP contribution < -0.4 is 14.4 Å². The molecule has 4 rings (SSSR count). The molecule has 0 aliphatic carbocycles. The van der Waals surface area contributed by atoms with E-state index in [1.165, 1.54) is 37.3 Å². The number of rotatable bonds is 8. The van der Waals surface area contributed by atoms with Crippen LogP contribution in [0.2, 0.25) is 5.02 Å². The fourth-order valence-electron chi connectivity index (χ4n) is 3.97. The maximum Gasteiger partial charge on any atom is 0.348 e. The Labute approximate surface area is 220 Å². The van der Waals surface area contributed by atoms with Gasteiger partial charge in [0.15, 0.2) is 0 Å². The average molecular weight is 545 g/mol. The Morgan fingerprint density at radius 1 is 1.05 bits per heavy atom. The van der Waals surface area contributed by atoms with Crippen LogP contribution in [0.15, 0.2) is 77.7 Å². The van der Waals surface area contributed by atoms with E-state index in [9.17, 15) is 18.0 Å². The van der Waals surface area contributed by atoms with E-state index < -0.39 is 34.5 Å². The molecule has 0 spiro atoms. The third-order valence-corrected chi connectivity index (χ3v) is 7.84. The summed E-state index contributed by atoms with van der Waals surface area (Å²) in [6, 6.07) is 19.9. The number of hydrogen-bond acceptors (Lipinski definition) is 7. The van der Waals surface area contributed by atoms with Crippen molar-refractivity contribution in [3.63, 3.8) is 0 Å². The molecule has 11 heteroatoms. The first-order valence-electron chi connectivity index (χ1n) is 11.3. The lowest BCUT2D eigenvalue weighted by atomic mass is 10.2. The SMILES string of the molecule is COC(=O)[C@@H]1CN(C(=O)CN(Cc2ccccc2)S(=O)(=O)c2cc(Cl)ccc2OC)c2ccccc2O1. The molecule has 37 heavy (non-hydrogen) atoms. The van der Waals surface area contributed by atoms with Crippen LogP contribution in [0, 0.1) is 0 Å². The second-order valence-electron chi connectivity index (χ2n) is 8.16. The van der Waals surface area contributed by atoms with Gasteiger partial charge in [0.2, 0.25) is 22.0 Å². The molecule has 0 radical (unpaired) electrons. The average Bonchev–Trinajstić information content (AvgIpc) is 2.92. The van der Waals surface area contributed by atoms with Crippen molar-refractivity contribution in [2.24, 2.45) is 0 Å². The molecule has 1 aliphatic rings.